The van der Waals surface area contributed by atoms with Gasteiger partial charge < -0.3 is 30.0 Å². The molecular formula is C26H29N2O4+. The summed E-state index contributed by atoms with van der Waals surface area (Å²) in [6, 6.07) is 21.4. The Morgan fingerprint density at radius 3 is 2.44 bits per heavy atom. The van der Waals surface area contributed by atoms with Crippen LogP contribution in [-0.4, -0.2) is 25.9 Å². The van der Waals surface area contributed by atoms with Gasteiger partial charge in [0, 0.05) is 17.3 Å². The van der Waals surface area contributed by atoms with Gasteiger partial charge in [-0.3, -0.25) is 0 Å². The van der Waals surface area contributed by atoms with Crippen molar-refractivity contribution in [3.05, 3.63) is 89.5 Å². The van der Waals surface area contributed by atoms with E-state index < -0.39 is 0 Å². The van der Waals surface area contributed by atoms with Crippen molar-refractivity contribution in [2.24, 2.45) is 0 Å². The van der Waals surface area contributed by atoms with Crippen molar-refractivity contribution < 1.29 is 24.6 Å². The predicted molar refractivity (Wildman–Crippen MR) is 124 cm³/mol. The maximum absolute atomic E-state index is 10.9. The molecular weight excluding hydrogens is 404 g/mol. The van der Waals surface area contributed by atoms with Gasteiger partial charge in [0.1, 0.15) is 17.5 Å². The zero-order chi connectivity index (χ0) is 22.5. The Bertz CT molecular complexity index is 1110. The zero-order valence-corrected chi connectivity index (χ0v) is 18.5. The van der Waals surface area contributed by atoms with E-state index in [9.17, 15) is 5.11 Å². The van der Waals surface area contributed by atoms with E-state index in [-0.39, 0.29) is 18.0 Å². The molecule has 4 rings (SSSR count). The molecule has 2 atom stereocenters. The summed E-state index contributed by atoms with van der Waals surface area (Å²) < 4.78 is 16.7. The smallest absolute Gasteiger partial charge is 0.190 e. The third-order valence-corrected chi connectivity index (χ3v) is 5.60. The van der Waals surface area contributed by atoms with E-state index in [4.69, 9.17) is 14.2 Å². The van der Waals surface area contributed by atoms with Crippen molar-refractivity contribution in [2.75, 3.05) is 20.8 Å². The molecule has 6 nitrogen and oxygen atoms in total. The van der Waals surface area contributed by atoms with Crippen molar-refractivity contribution in [3.63, 3.8) is 0 Å². The van der Waals surface area contributed by atoms with Gasteiger partial charge in [0.2, 0.25) is 0 Å². The topological polar surface area (TPSA) is 76.6 Å². The van der Waals surface area contributed by atoms with Gasteiger partial charge in [-0.15, -0.1) is 0 Å². The lowest BCUT2D eigenvalue weighted by molar-refractivity contribution is -0.731. The number of nitrogens with one attached hydrogen (secondary N) is 1. The minimum absolute atomic E-state index is 0.127. The highest BCUT2D eigenvalue weighted by Crippen LogP contribution is 2.36. The number of rotatable bonds is 7. The fourth-order valence-corrected chi connectivity index (χ4v) is 4.05. The second-order valence-corrected chi connectivity index (χ2v) is 7.52. The summed E-state index contributed by atoms with van der Waals surface area (Å²) in [4.78, 5) is 0. The largest absolute Gasteiger partial charge is 0.504 e. The Hall–Kier alpha value is -3.64. The first-order valence-corrected chi connectivity index (χ1v) is 10.7. The van der Waals surface area contributed by atoms with Crippen LogP contribution >= 0.6 is 0 Å². The van der Waals surface area contributed by atoms with Crippen molar-refractivity contribution in [3.8, 4) is 23.0 Å². The average Bonchev–Trinajstić information content (AvgIpc) is 2.85. The molecule has 3 aromatic rings. The molecule has 0 aromatic heterocycles. The molecule has 1 aliphatic rings. The van der Waals surface area contributed by atoms with E-state index in [1.807, 2.05) is 61.5 Å². The molecule has 1 heterocycles. The summed E-state index contributed by atoms with van der Waals surface area (Å²) >= 11 is 0. The minimum Gasteiger partial charge on any atom is -0.504 e. The van der Waals surface area contributed by atoms with E-state index in [0.717, 1.165) is 33.9 Å². The molecule has 0 amide bonds. The lowest BCUT2D eigenvalue weighted by Gasteiger charge is -2.31. The molecule has 0 spiro atoms. The standard InChI is InChI=1S/C26H28N2O4/c1-4-32-24-14-8-12-19(25(24)29)22-16-21(17-9-7-10-18(15-17)30-2)27-26(28-22)20-11-5-6-13-23(20)31-3/h5-16,22,26-29H,4H2,1-3H3/p+1. The quantitative estimate of drug-likeness (QED) is 0.529. The Kier molecular flexibility index (Phi) is 6.52. The molecule has 0 aliphatic carbocycles. The van der Waals surface area contributed by atoms with Gasteiger partial charge in [0.15, 0.2) is 17.7 Å². The lowest BCUT2D eigenvalue weighted by Crippen LogP contribution is -2.89. The Balaban J connectivity index is 1.80. The molecule has 1 aliphatic heterocycles. The third kappa shape index (κ3) is 4.36. The van der Waals surface area contributed by atoms with E-state index in [2.05, 4.69) is 22.8 Å². The van der Waals surface area contributed by atoms with Crippen LogP contribution in [0, 0.1) is 0 Å². The number of nitrogens with two attached hydrogens (primary N) is 1. The lowest BCUT2D eigenvalue weighted by atomic mass is 9.97. The summed E-state index contributed by atoms with van der Waals surface area (Å²) in [5.74, 6) is 2.24. The van der Waals surface area contributed by atoms with E-state index in [1.165, 1.54) is 0 Å². The number of para-hydroxylation sites is 2. The average molecular weight is 434 g/mol. The predicted octanol–water partition coefficient (Wildman–Crippen LogP) is 3.76. The number of aromatic hydroxyl groups is 1. The summed E-state index contributed by atoms with van der Waals surface area (Å²) in [7, 11) is 3.34. The van der Waals surface area contributed by atoms with Crippen molar-refractivity contribution in [1.29, 1.82) is 0 Å². The number of benzene rings is 3. The highest BCUT2D eigenvalue weighted by atomic mass is 16.5. The Labute approximate surface area is 188 Å². The normalized spacial score (nSPS) is 17.8. The molecule has 0 radical (unpaired) electrons. The number of ether oxygens (including phenoxy) is 3. The first-order chi connectivity index (χ1) is 15.6. The van der Waals surface area contributed by atoms with Crippen molar-refractivity contribution in [2.45, 2.75) is 19.1 Å². The van der Waals surface area contributed by atoms with Gasteiger partial charge in [-0.1, -0.05) is 30.3 Å². The van der Waals surface area contributed by atoms with Crippen molar-refractivity contribution >= 4 is 5.70 Å². The molecule has 0 bridgehead atoms. The molecule has 0 saturated heterocycles. The van der Waals surface area contributed by atoms with Gasteiger partial charge in [0.25, 0.3) is 0 Å². The van der Waals surface area contributed by atoms with Gasteiger partial charge in [-0.2, -0.15) is 0 Å². The Morgan fingerprint density at radius 2 is 1.66 bits per heavy atom. The van der Waals surface area contributed by atoms with Crippen molar-refractivity contribution in [1.82, 2.24) is 5.32 Å². The molecule has 4 N–H and O–H groups in total. The first kappa shape index (κ1) is 21.6. The van der Waals surface area contributed by atoms with Crippen LogP contribution in [0.5, 0.6) is 23.0 Å². The van der Waals surface area contributed by atoms with Gasteiger partial charge in [-0.25, -0.2) is 0 Å². The van der Waals surface area contributed by atoms with E-state index in [1.54, 1.807) is 20.3 Å². The van der Waals surface area contributed by atoms with Gasteiger partial charge in [0.05, 0.1) is 32.0 Å². The van der Waals surface area contributed by atoms with Gasteiger partial charge >= 0.3 is 0 Å². The molecule has 2 unspecified atom stereocenters. The second kappa shape index (κ2) is 9.66. The second-order valence-electron chi connectivity index (χ2n) is 7.52. The van der Waals surface area contributed by atoms with Crippen LogP contribution in [0.2, 0.25) is 0 Å². The van der Waals surface area contributed by atoms with E-state index in [0.29, 0.717) is 12.4 Å². The number of phenolic OH excluding ortho intramolecular Hbond substituents is 1. The van der Waals surface area contributed by atoms with Crippen LogP contribution in [0.15, 0.2) is 72.8 Å². The van der Waals surface area contributed by atoms with Crippen LogP contribution in [0.1, 0.15) is 35.8 Å². The van der Waals surface area contributed by atoms with E-state index >= 15 is 0 Å². The highest BCUT2D eigenvalue weighted by Gasteiger charge is 2.31. The molecule has 0 saturated carbocycles. The summed E-state index contributed by atoms with van der Waals surface area (Å²) in [6.45, 7) is 2.39. The Morgan fingerprint density at radius 1 is 0.906 bits per heavy atom. The summed E-state index contributed by atoms with van der Waals surface area (Å²) in [5, 5.41) is 16.7. The number of phenols is 1. The maximum Gasteiger partial charge on any atom is 0.190 e. The number of methoxy groups -OCH3 is 2. The summed E-state index contributed by atoms with van der Waals surface area (Å²) in [5.41, 5.74) is 3.77. The molecule has 32 heavy (non-hydrogen) atoms. The van der Waals surface area contributed by atoms with Crippen LogP contribution in [0.3, 0.4) is 0 Å². The first-order valence-electron chi connectivity index (χ1n) is 10.7. The number of hydrogen-bond acceptors (Lipinski definition) is 5. The minimum atomic E-state index is -0.146. The molecule has 3 aromatic carbocycles. The fraction of sp³-hybridized carbons (Fsp3) is 0.231. The zero-order valence-electron chi connectivity index (χ0n) is 18.5. The monoisotopic (exact) mass is 433 g/mol. The third-order valence-electron chi connectivity index (χ3n) is 5.60. The van der Waals surface area contributed by atoms with Crippen LogP contribution in [0.4, 0.5) is 0 Å². The van der Waals surface area contributed by atoms with Gasteiger partial charge in [-0.05, 0) is 43.3 Å². The molecule has 6 heteroatoms. The van der Waals surface area contributed by atoms with Crippen LogP contribution in [-0.2, 0) is 0 Å². The highest BCUT2D eigenvalue weighted by molar-refractivity contribution is 5.67. The molecule has 0 fully saturated rings. The number of hydrogen-bond donors (Lipinski definition) is 3. The number of quaternary nitrogens is 1. The van der Waals surface area contributed by atoms with Crippen LogP contribution < -0.4 is 24.8 Å². The molecule has 166 valence electrons. The van der Waals surface area contributed by atoms with Crippen LogP contribution in [0.25, 0.3) is 5.70 Å². The fourth-order valence-electron chi connectivity index (χ4n) is 4.05. The SMILES string of the molecule is CCOc1cccc(C2C=C(c3cccc(OC)c3)NC(c3ccccc3OC)[NH2+]2)c1O. The maximum atomic E-state index is 10.9. The summed E-state index contributed by atoms with van der Waals surface area (Å²) in [6.07, 6.45) is 1.99.